The Labute approximate surface area is 108 Å². The minimum atomic E-state index is -0.123. The first-order chi connectivity index (χ1) is 8.72. The monoisotopic (exact) mass is 258 g/mol. The SMILES string of the molecule is Oc1nc(Cc2ccccc2)nc2[nH]c(S)nc12. The Bertz CT molecular complexity index is 696. The van der Waals surface area contributed by atoms with Gasteiger partial charge in [-0.25, -0.2) is 9.97 Å². The first-order valence-corrected chi connectivity index (χ1v) is 5.85. The lowest BCUT2D eigenvalue weighted by atomic mass is 10.1. The van der Waals surface area contributed by atoms with E-state index in [1.54, 1.807) is 0 Å². The minimum Gasteiger partial charge on any atom is -0.492 e. The third kappa shape index (κ3) is 2.02. The zero-order valence-corrected chi connectivity index (χ0v) is 10.2. The van der Waals surface area contributed by atoms with Crippen LogP contribution in [0.3, 0.4) is 0 Å². The quantitative estimate of drug-likeness (QED) is 0.614. The molecule has 5 nitrogen and oxygen atoms in total. The summed E-state index contributed by atoms with van der Waals surface area (Å²) < 4.78 is 0. The molecule has 3 aromatic rings. The van der Waals surface area contributed by atoms with Gasteiger partial charge >= 0.3 is 0 Å². The number of imidazole rings is 1. The minimum absolute atomic E-state index is 0.123. The van der Waals surface area contributed by atoms with Crippen LogP contribution in [-0.2, 0) is 6.42 Å². The van der Waals surface area contributed by atoms with Crippen molar-refractivity contribution in [3.63, 3.8) is 0 Å². The van der Waals surface area contributed by atoms with E-state index < -0.39 is 0 Å². The molecule has 0 unspecified atom stereocenters. The third-order valence-corrected chi connectivity index (χ3v) is 2.78. The molecule has 0 atom stereocenters. The van der Waals surface area contributed by atoms with E-state index in [1.165, 1.54) is 0 Å². The molecule has 2 N–H and O–H groups in total. The summed E-state index contributed by atoms with van der Waals surface area (Å²) in [7, 11) is 0. The van der Waals surface area contributed by atoms with Crippen LogP contribution < -0.4 is 0 Å². The van der Waals surface area contributed by atoms with Crippen molar-refractivity contribution in [2.75, 3.05) is 0 Å². The predicted octanol–water partition coefficient (Wildman–Crippen LogP) is 1.94. The van der Waals surface area contributed by atoms with Gasteiger partial charge in [-0.15, -0.1) is 12.6 Å². The Hall–Kier alpha value is -2.08. The topological polar surface area (TPSA) is 74.7 Å². The van der Waals surface area contributed by atoms with E-state index in [2.05, 4.69) is 32.6 Å². The largest absolute Gasteiger partial charge is 0.492 e. The van der Waals surface area contributed by atoms with Gasteiger partial charge in [0.25, 0.3) is 0 Å². The van der Waals surface area contributed by atoms with E-state index in [1.807, 2.05) is 30.3 Å². The molecule has 6 heteroatoms. The highest BCUT2D eigenvalue weighted by molar-refractivity contribution is 7.80. The number of nitrogens with zero attached hydrogens (tertiary/aromatic N) is 3. The maximum absolute atomic E-state index is 9.78. The highest BCUT2D eigenvalue weighted by Gasteiger charge is 2.11. The van der Waals surface area contributed by atoms with Crippen molar-refractivity contribution in [3.05, 3.63) is 41.7 Å². The lowest BCUT2D eigenvalue weighted by Crippen LogP contribution is -1.97. The first-order valence-electron chi connectivity index (χ1n) is 5.41. The fraction of sp³-hybridized carbons (Fsp3) is 0.0833. The van der Waals surface area contributed by atoms with Gasteiger partial charge in [-0.1, -0.05) is 30.3 Å². The molecular weight excluding hydrogens is 248 g/mol. The number of H-pyrrole nitrogens is 1. The van der Waals surface area contributed by atoms with E-state index in [0.29, 0.717) is 28.6 Å². The summed E-state index contributed by atoms with van der Waals surface area (Å²) >= 11 is 4.08. The van der Waals surface area contributed by atoms with Crippen molar-refractivity contribution in [2.24, 2.45) is 0 Å². The van der Waals surface area contributed by atoms with E-state index >= 15 is 0 Å². The van der Waals surface area contributed by atoms with E-state index in [9.17, 15) is 5.11 Å². The van der Waals surface area contributed by atoms with Crippen LogP contribution in [0.25, 0.3) is 11.2 Å². The van der Waals surface area contributed by atoms with E-state index in [0.717, 1.165) is 5.56 Å². The second-order valence-corrected chi connectivity index (χ2v) is 4.31. The van der Waals surface area contributed by atoms with Crippen molar-refractivity contribution < 1.29 is 5.11 Å². The fourth-order valence-corrected chi connectivity index (χ4v) is 1.98. The van der Waals surface area contributed by atoms with Crippen LogP contribution in [0.2, 0.25) is 0 Å². The van der Waals surface area contributed by atoms with Crippen LogP contribution in [-0.4, -0.2) is 25.0 Å². The summed E-state index contributed by atoms with van der Waals surface area (Å²) in [5.41, 5.74) is 1.93. The highest BCUT2D eigenvalue weighted by Crippen LogP contribution is 2.20. The number of thiol groups is 1. The first kappa shape index (κ1) is 11.0. The normalized spacial score (nSPS) is 10.9. The molecule has 90 valence electrons. The number of rotatable bonds is 2. The smallest absolute Gasteiger partial charge is 0.243 e. The second-order valence-electron chi connectivity index (χ2n) is 3.88. The molecule has 18 heavy (non-hydrogen) atoms. The number of aromatic amines is 1. The molecule has 0 aliphatic rings. The zero-order chi connectivity index (χ0) is 12.5. The second kappa shape index (κ2) is 4.30. The van der Waals surface area contributed by atoms with Gasteiger partial charge in [0.1, 0.15) is 5.82 Å². The number of aromatic hydroxyl groups is 1. The molecule has 0 spiro atoms. The maximum Gasteiger partial charge on any atom is 0.243 e. The highest BCUT2D eigenvalue weighted by atomic mass is 32.1. The van der Waals surface area contributed by atoms with Crippen molar-refractivity contribution in [2.45, 2.75) is 11.6 Å². The lowest BCUT2D eigenvalue weighted by molar-refractivity contribution is 0.455. The number of hydrogen-bond acceptors (Lipinski definition) is 5. The summed E-state index contributed by atoms with van der Waals surface area (Å²) in [6.45, 7) is 0. The molecular formula is C12H10N4OS. The molecule has 2 aromatic heterocycles. The Morgan fingerprint density at radius 1 is 1.11 bits per heavy atom. The van der Waals surface area contributed by atoms with Crippen LogP contribution in [0.15, 0.2) is 35.5 Å². The van der Waals surface area contributed by atoms with Crippen molar-refractivity contribution in [1.29, 1.82) is 0 Å². The van der Waals surface area contributed by atoms with Crippen LogP contribution in [0.4, 0.5) is 0 Å². The van der Waals surface area contributed by atoms with Gasteiger partial charge < -0.3 is 10.1 Å². The number of fused-ring (bicyclic) bond motifs is 1. The van der Waals surface area contributed by atoms with Gasteiger partial charge in [0.15, 0.2) is 16.3 Å². The summed E-state index contributed by atoms with van der Waals surface area (Å²) in [6.07, 6.45) is 0.561. The maximum atomic E-state index is 9.78. The number of benzene rings is 1. The van der Waals surface area contributed by atoms with Crippen LogP contribution in [0.1, 0.15) is 11.4 Å². The van der Waals surface area contributed by atoms with Gasteiger partial charge in [-0.3, -0.25) is 0 Å². The van der Waals surface area contributed by atoms with Crippen molar-refractivity contribution in [1.82, 2.24) is 19.9 Å². The van der Waals surface area contributed by atoms with Crippen LogP contribution in [0, 0.1) is 0 Å². The lowest BCUT2D eigenvalue weighted by Gasteiger charge is -2.01. The fourth-order valence-electron chi connectivity index (χ4n) is 1.78. The molecule has 0 saturated carbocycles. The molecule has 0 amide bonds. The zero-order valence-electron chi connectivity index (χ0n) is 9.33. The van der Waals surface area contributed by atoms with Crippen LogP contribution in [0.5, 0.6) is 5.88 Å². The molecule has 0 bridgehead atoms. The molecule has 0 fully saturated rings. The van der Waals surface area contributed by atoms with Gasteiger partial charge in [0.2, 0.25) is 5.88 Å². The van der Waals surface area contributed by atoms with E-state index in [-0.39, 0.29) is 5.88 Å². The van der Waals surface area contributed by atoms with Gasteiger partial charge in [-0.05, 0) is 5.56 Å². The molecule has 0 radical (unpaired) electrons. The molecule has 1 aromatic carbocycles. The van der Waals surface area contributed by atoms with Crippen molar-refractivity contribution >= 4 is 23.8 Å². The predicted molar refractivity (Wildman–Crippen MR) is 69.8 cm³/mol. The Morgan fingerprint density at radius 2 is 1.89 bits per heavy atom. The number of hydrogen-bond donors (Lipinski definition) is 3. The summed E-state index contributed by atoms with van der Waals surface area (Å²) in [4.78, 5) is 15.2. The Kier molecular flexibility index (Phi) is 2.64. The average Bonchev–Trinajstić information content (AvgIpc) is 2.72. The standard InChI is InChI=1S/C12H10N4OS/c17-11-9-10(16-12(18)15-9)13-8(14-11)6-7-4-2-1-3-5-7/h1-5H,6H2,(H3,13,14,15,16,17,18). The molecule has 2 heterocycles. The summed E-state index contributed by atoms with van der Waals surface area (Å²) in [5, 5.41) is 10.2. The third-order valence-electron chi connectivity index (χ3n) is 2.56. The molecule has 0 saturated heterocycles. The Balaban J connectivity index is 2.02. The van der Waals surface area contributed by atoms with E-state index in [4.69, 9.17) is 0 Å². The van der Waals surface area contributed by atoms with Gasteiger partial charge in [0.05, 0.1) is 0 Å². The van der Waals surface area contributed by atoms with Gasteiger partial charge in [-0.2, -0.15) is 4.98 Å². The molecule has 0 aliphatic heterocycles. The van der Waals surface area contributed by atoms with Crippen molar-refractivity contribution in [3.8, 4) is 5.88 Å². The number of nitrogens with one attached hydrogen (secondary N) is 1. The van der Waals surface area contributed by atoms with Gasteiger partial charge in [0, 0.05) is 6.42 Å². The average molecular weight is 258 g/mol. The summed E-state index contributed by atoms with van der Waals surface area (Å²) in [6, 6.07) is 9.84. The summed E-state index contributed by atoms with van der Waals surface area (Å²) in [5.74, 6) is 0.422. The molecule has 0 aliphatic carbocycles. The Morgan fingerprint density at radius 3 is 2.67 bits per heavy atom. The molecule has 3 rings (SSSR count). The van der Waals surface area contributed by atoms with Crippen LogP contribution >= 0.6 is 12.6 Å². The number of aromatic nitrogens is 4.